The maximum Gasteiger partial charge on any atom is 0.185 e. The Morgan fingerprint density at radius 2 is 2.15 bits per heavy atom. The van der Waals surface area contributed by atoms with Crippen LogP contribution in [-0.2, 0) is 12.0 Å². The molecule has 0 fully saturated rings. The summed E-state index contributed by atoms with van der Waals surface area (Å²) in [5.74, 6) is -0.132. The van der Waals surface area contributed by atoms with Gasteiger partial charge in [0, 0.05) is 30.6 Å². The Bertz CT molecular complexity index is 939. The molecule has 3 heterocycles. The first kappa shape index (κ1) is 17.8. The van der Waals surface area contributed by atoms with Crippen LogP contribution in [0, 0.1) is 11.3 Å². The number of nitrogens with two attached hydrogens (primary N) is 1. The molecule has 0 aliphatic carbocycles. The third-order valence-corrected chi connectivity index (χ3v) is 4.75. The summed E-state index contributed by atoms with van der Waals surface area (Å²) in [5, 5.41) is 9.32. The number of hydrogen-bond acceptors (Lipinski definition) is 7. The Morgan fingerprint density at radius 3 is 2.81 bits per heavy atom. The lowest BCUT2D eigenvalue weighted by molar-refractivity contribution is 0.0988. The minimum absolute atomic E-state index is 0.132. The molecule has 2 aromatic rings. The zero-order valence-electron chi connectivity index (χ0n) is 14.4. The van der Waals surface area contributed by atoms with Crippen molar-refractivity contribution < 1.29 is 4.79 Å². The van der Waals surface area contributed by atoms with Crippen molar-refractivity contribution in [3.05, 3.63) is 70.2 Å². The number of ketones is 1. The average molecular weight is 363 g/mol. The number of pyridine rings is 2. The quantitative estimate of drug-likeness (QED) is 0.837. The van der Waals surface area contributed by atoms with Crippen LogP contribution in [0.5, 0.6) is 0 Å². The summed E-state index contributed by atoms with van der Waals surface area (Å²) < 4.78 is 0. The second-order valence-corrected chi connectivity index (χ2v) is 7.45. The number of aliphatic imine (C=N–C) groups is 1. The lowest BCUT2D eigenvalue weighted by Gasteiger charge is -2.27. The van der Waals surface area contributed by atoms with Crippen molar-refractivity contribution in [2.75, 3.05) is 0 Å². The molecule has 7 heteroatoms. The zero-order chi connectivity index (χ0) is 18.7. The van der Waals surface area contributed by atoms with E-state index in [0.717, 1.165) is 16.0 Å². The number of carbonyl (C=O) groups excluding carboxylic acids is 1. The third-order valence-electron chi connectivity index (χ3n) is 4.01. The highest BCUT2D eigenvalue weighted by atomic mass is 32.2. The predicted octanol–water partition coefficient (Wildman–Crippen LogP) is 2.95. The van der Waals surface area contributed by atoms with E-state index in [1.54, 1.807) is 24.5 Å². The molecule has 2 aromatic heterocycles. The minimum Gasteiger partial charge on any atom is -0.378 e. The van der Waals surface area contributed by atoms with Crippen LogP contribution in [0.2, 0.25) is 0 Å². The van der Waals surface area contributed by atoms with E-state index in [-0.39, 0.29) is 12.2 Å². The van der Waals surface area contributed by atoms with Gasteiger partial charge in [0.05, 0.1) is 5.56 Å². The Kier molecular flexibility index (Phi) is 4.87. The molecule has 0 spiro atoms. The van der Waals surface area contributed by atoms with Crippen molar-refractivity contribution in [3.63, 3.8) is 0 Å². The van der Waals surface area contributed by atoms with Crippen LogP contribution in [-0.4, -0.2) is 20.9 Å². The first-order valence-corrected chi connectivity index (χ1v) is 8.78. The van der Waals surface area contributed by atoms with Gasteiger partial charge >= 0.3 is 0 Å². The number of thioether (sulfide) groups is 1. The molecular weight excluding hydrogens is 346 g/mol. The van der Waals surface area contributed by atoms with E-state index in [4.69, 9.17) is 11.0 Å². The van der Waals surface area contributed by atoms with Crippen LogP contribution >= 0.6 is 11.8 Å². The van der Waals surface area contributed by atoms with Gasteiger partial charge in [0.1, 0.15) is 17.3 Å². The number of hydrogen-bond donors (Lipinski definition) is 1. The fourth-order valence-corrected chi connectivity index (χ4v) is 3.64. The number of allylic oxidation sites excluding steroid dienone is 1. The van der Waals surface area contributed by atoms with E-state index < -0.39 is 5.54 Å². The molecule has 3 rings (SSSR count). The molecular formula is C19H17N5OS. The standard InChI is InChI=1S/C19H17N5OS/c1-12-7-19(2,24-18(21)26-12)15-5-14(9-22-11-15)6-17(25)16-4-3-13(8-20)10-23-16/h3-5,7,9-11H,6H2,1-2H3,(H2,21,24). The first-order valence-electron chi connectivity index (χ1n) is 7.96. The zero-order valence-corrected chi connectivity index (χ0v) is 15.2. The molecule has 130 valence electrons. The molecule has 1 unspecified atom stereocenters. The topological polar surface area (TPSA) is 105 Å². The second-order valence-electron chi connectivity index (χ2n) is 6.18. The number of amidine groups is 1. The molecule has 0 amide bonds. The molecule has 0 saturated heterocycles. The lowest BCUT2D eigenvalue weighted by atomic mass is 9.91. The van der Waals surface area contributed by atoms with E-state index >= 15 is 0 Å². The number of rotatable bonds is 4. The summed E-state index contributed by atoms with van der Waals surface area (Å²) >= 11 is 1.44. The van der Waals surface area contributed by atoms with E-state index in [9.17, 15) is 4.79 Å². The molecule has 1 atom stereocenters. The summed E-state index contributed by atoms with van der Waals surface area (Å²) in [6, 6.07) is 7.05. The predicted molar refractivity (Wildman–Crippen MR) is 102 cm³/mol. The summed E-state index contributed by atoms with van der Waals surface area (Å²) in [5.41, 5.74) is 7.72. The van der Waals surface area contributed by atoms with Gasteiger partial charge in [-0.15, -0.1) is 0 Å². The maximum absolute atomic E-state index is 12.4. The molecule has 0 saturated carbocycles. The van der Waals surface area contributed by atoms with Crippen molar-refractivity contribution in [1.82, 2.24) is 9.97 Å². The molecule has 6 nitrogen and oxygen atoms in total. The first-order chi connectivity index (χ1) is 12.4. The van der Waals surface area contributed by atoms with Gasteiger partial charge in [0.2, 0.25) is 0 Å². The molecule has 2 N–H and O–H groups in total. The summed E-state index contributed by atoms with van der Waals surface area (Å²) in [6.45, 7) is 3.95. The number of aromatic nitrogens is 2. The Labute approximate surface area is 155 Å². The van der Waals surface area contributed by atoms with Crippen LogP contribution in [0.4, 0.5) is 0 Å². The van der Waals surface area contributed by atoms with Gasteiger partial charge in [0.25, 0.3) is 0 Å². The van der Waals surface area contributed by atoms with Gasteiger partial charge in [-0.25, -0.2) is 4.99 Å². The van der Waals surface area contributed by atoms with Crippen LogP contribution in [0.1, 0.15) is 41.0 Å². The van der Waals surface area contributed by atoms with Crippen molar-refractivity contribution in [2.45, 2.75) is 25.8 Å². The number of nitriles is 1. The Balaban J connectivity index is 1.84. The van der Waals surface area contributed by atoms with Gasteiger partial charge in [-0.2, -0.15) is 5.26 Å². The molecule has 0 bridgehead atoms. The highest BCUT2D eigenvalue weighted by molar-refractivity contribution is 8.17. The summed E-state index contributed by atoms with van der Waals surface area (Å²) in [7, 11) is 0. The van der Waals surface area contributed by atoms with Crippen molar-refractivity contribution >= 4 is 22.7 Å². The van der Waals surface area contributed by atoms with E-state index in [0.29, 0.717) is 16.4 Å². The van der Waals surface area contributed by atoms with E-state index in [1.165, 1.54) is 18.0 Å². The maximum atomic E-state index is 12.4. The second kappa shape index (κ2) is 7.10. The molecule has 1 aliphatic rings. The SMILES string of the molecule is CC1=CC(C)(c2cncc(CC(=O)c3ccc(C#N)cn3)c2)N=C(N)S1. The van der Waals surface area contributed by atoms with Crippen LogP contribution in [0.3, 0.4) is 0 Å². The fraction of sp³-hybridized carbons (Fsp3) is 0.211. The number of Topliss-reactive ketones (excluding diaryl/α,β-unsaturated/α-hetero) is 1. The Morgan fingerprint density at radius 1 is 1.35 bits per heavy atom. The summed E-state index contributed by atoms with van der Waals surface area (Å²) in [4.78, 5) is 26.4. The van der Waals surface area contributed by atoms with Gasteiger partial charge in [0.15, 0.2) is 11.0 Å². The van der Waals surface area contributed by atoms with E-state index in [1.807, 2.05) is 32.1 Å². The number of carbonyl (C=O) groups is 1. The van der Waals surface area contributed by atoms with Gasteiger partial charge in [-0.1, -0.05) is 11.8 Å². The smallest absolute Gasteiger partial charge is 0.185 e. The molecule has 0 radical (unpaired) electrons. The van der Waals surface area contributed by atoms with Crippen LogP contribution in [0.15, 0.2) is 52.8 Å². The molecule has 1 aliphatic heterocycles. The van der Waals surface area contributed by atoms with Gasteiger partial charge in [-0.3, -0.25) is 14.8 Å². The van der Waals surface area contributed by atoms with Gasteiger partial charge < -0.3 is 5.73 Å². The molecule has 26 heavy (non-hydrogen) atoms. The highest BCUT2D eigenvalue weighted by Crippen LogP contribution is 2.35. The van der Waals surface area contributed by atoms with Crippen molar-refractivity contribution in [2.24, 2.45) is 10.7 Å². The Hall–Kier alpha value is -2.98. The largest absolute Gasteiger partial charge is 0.378 e. The highest BCUT2D eigenvalue weighted by Gasteiger charge is 2.28. The monoisotopic (exact) mass is 363 g/mol. The normalized spacial score (nSPS) is 19.3. The fourth-order valence-electron chi connectivity index (χ4n) is 2.78. The lowest BCUT2D eigenvalue weighted by Crippen LogP contribution is -2.25. The third kappa shape index (κ3) is 3.81. The summed E-state index contributed by atoms with van der Waals surface area (Å²) in [6.07, 6.45) is 7.01. The minimum atomic E-state index is -0.599. The van der Waals surface area contributed by atoms with Crippen molar-refractivity contribution in [3.8, 4) is 6.07 Å². The number of nitrogens with zero attached hydrogens (tertiary/aromatic N) is 4. The van der Waals surface area contributed by atoms with Crippen LogP contribution in [0.25, 0.3) is 0 Å². The van der Waals surface area contributed by atoms with Gasteiger partial charge in [-0.05, 0) is 48.6 Å². The van der Waals surface area contributed by atoms with Crippen molar-refractivity contribution in [1.29, 1.82) is 5.26 Å². The average Bonchev–Trinajstić information content (AvgIpc) is 2.61. The van der Waals surface area contributed by atoms with Crippen LogP contribution < -0.4 is 5.73 Å². The van der Waals surface area contributed by atoms with E-state index in [2.05, 4.69) is 15.0 Å². The molecule has 0 aromatic carbocycles.